The van der Waals surface area contributed by atoms with Crippen molar-refractivity contribution in [1.82, 2.24) is 10.0 Å². The van der Waals surface area contributed by atoms with Crippen molar-refractivity contribution in [1.29, 1.82) is 0 Å². The van der Waals surface area contributed by atoms with Crippen LogP contribution in [0.25, 0.3) is 0 Å². The minimum atomic E-state index is -3.77. The molecule has 8 nitrogen and oxygen atoms in total. The minimum Gasteiger partial charge on any atom is -0.490 e. The highest BCUT2D eigenvalue weighted by Crippen LogP contribution is 2.31. The molecule has 1 aliphatic carbocycles. The number of rotatable bonds is 11. The van der Waals surface area contributed by atoms with E-state index in [1.165, 1.54) is 24.3 Å². The number of imide groups is 1. The molecule has 1 saturated heterocycles. The standard InChI is InChI=1S/C20H25FN2O6S/c1-13(15-5-6-17(21)18(9-15)29-11-14-3-4-14)23-30(26,27)8-2-7-28-12-16-10-19(24)22-20(16)25/h2,5-6,8-9,13-14,16,23H,3-4,7,10-12H2,1H3,(H,22,24,25)/b8-2+/t13-,16?/m1/s1. The van der Waals surface area contributed by atoms with Crippen LogP contribution in [0.4, 0.5) is 4.39 Å². The summed E-state index contributed by atoms with van der Waals surface area (Å²) in [6.45, 7) is 2.11. The van der Waals surface area contributed by atoms with E-state index >= 15 is 0 Å². The smallest absolute Gasteiger partial charge is 0.234 e. The van der Waals surface area contributed by atoms with Crippen LogP contribution in [0.2, 0.25) is 0 Å². The van der Waals surface area contributed by atoms with E-state index in [0.29, 0.717) is 18.1 Å². The summed E-state index contributed by atoms with van der Waals surface area (Å²) in [5.41, 5.74) is 0.576. The van der Waals surface area contributed by atoms with Gasteiger partial charge in [-0.1, -0.05) is 6.07 Å². The summed E-state index contributed by atoms with van der Waals surface area (Å²) < 4.78 is 51.6. The maximum absolute atomic E-state index is 13.9. The SMILES string of the molecule is C[C@@H](NS(=O)(=O)/C=C/COCC1CC(=O)NC1=O)c1ccc(F)c(OCC2CC2)c1. The normalized spacial score (nSPS) is 20.5. The monoisotopic (exact) mass is 440 g/mol. The number of carbonyl (C=O) groups excluding carboxylic acids is 2. The molecule has 0 spiro atoms. The van der Waals surface area contributed by atoms with Gasteiger partial charge in [-0.25, -0.2) is 17.5 Å². The van der Waals surface area contributed by atoms with Crippen molar-refractivity contribution in [3.05, 3.63) is 41.1 Å². The zero-order valence-electron chi connectivity index (χ0n) is 16.6. The second-order valence-corrected chi connectivity index (χ2v) is 9.15. The van der Waals surface area contributed by atoms with Crippen LogP contribution in [0.1, 0.15) is 37.8 Å². The summed E-state index contributed by atoms with van der Waals surface area (Å²) in [5, 5.41) is 3.15. The second kappa shape index (κ2) is 9.67. The van der Waals surface area contributed by atoms with Crippen LogP contribution in [0, 0.1) is 17.7 Å². The summed E-state index contributed by atoms with van der Waals surface area (Å²) in [6.07, 6.45) is 3.54. The molecule has 2 N–H and O–H groups in total. The molecule has 30 heavy (non-hydrogen) atoms. The molecule has 2 aliphatic rings. The Kier molecular flexibility index (Phi) is 7.22. The summed E-state index contributed by atoms with van der Waals surface area (Å²) in [5.74, 6) is -1.16. The maximum Gasteiger partial charge on any atom is 0.234 e. The number of amides is 2. The Bertz CT molecular complexity index is 929. The Morgan fingerprint density at radius 3 is 2.73 bits per heavy atom. The molecule has 3 rings (SSSR count). The molecule has 1 saturated carbocycles. The van der Waals surface area contributed by atoms with Gasteiger partial charge in [0.15, 0.2) is 11.6 Å². The molecular weight excluding hydrogens is 415 g/mol. The van der Waals surface area contributed by atoms with Gasteiger partial charge in [0.1, 0.15) is 0 Å². The lowest BCUT2D eigenvalue weighted by Gasteiger charge is -2.15. The van der Waals surface area contributed by atoms with E-state index in [0.717, 1.165) is 18.2 Å². The van der Waals surface area contributed by atoms with Crippen molar-refractivity contribution in [2.24, 2.45) is 11.8 Å². The molecule has 0 aromatic heterocycles. The third-order valence-electron chi connectivity index (χ3n) is 4.84. The lowest BCUT2D eigenvalue weighted by Crippen LogP contribution is -2.25. The predicted molar refractivity (Wildman–Crippen MR) is 106 cm³/mol. The topological polar surface area (TPSA) is 111 Å². The van der Waals surface area contributed by atoms with E-state index in [-0.39, 0.29) is 37.2 Å². The zero-order valence-corrected chi connectivity index (χ0v) is 17.4. The van der Waals surface area contributed by atoms with E-state index in [4.69, 9.17) is 9.47 Å². The third kappa shape index (κ3) is 6.61. The van der Waals surface area contributed by atoms with Crippen LogP contribution in [-0.2, 0) is 24.3 Å². The Balaban J connectivity index is 1.47. The van der Waals surface area contributed by atoms with Gasteiger partial charge in [0.05, 0.1) is 25.7 Å². The van der Waals surface area contributed by atoms with Gasteiger partial charge in [0, 0.05) is 17.9 Å². The summed E-state index contributed by atoms with van der Waals surface area (Å²) in [7, 11) is -3.77. The van der Waals surface area contributed by atoms with Gasteiger partial charge in [-0.3, -0.25) is 14.9 Å². The summed E-state index contributed by atoms with van der Waals surface area (Å²) >= 11 is 0. The first-order valence-electron chi connectivity index (χ1n) is 9.76. The van der Waals surface area contributed by atoms with Gasteiger partial charge < -0.3 is 9.47 Å². The molecule has 0 radical (unpaired) electrons. The van der Waals surface area contributed by atoms with Crippen molar-refractivity contribution >= 4 is 21.8 Å². The first-order valence-corrected chi connectivity index (χ1v) is 11.3. The van der Waals surface area contributed by atoms with Crippen LogP contribution in [0.5, 0.6) is 5.75 Å². The largest absolute Gasteiger partial charge is 0.490 e. The first kappa shape index (κ1) is 22.4. The Labute approximate surface area is 174 Å². The Hall–Kier alpha value is -2.30. The van der Waals surface area contributed by atoms with Gasteiger partial charge in [0.25, 0.3) is 0 Å². The van der Waals surface area contributed by atoms with E-state index in [9.17, 15) is 22.4 Å². The number of ether oxygens (including phenoxy) is 2. The predicted octanol–water partition coefficient (Wildman–Crippen LogP) is 1.79. The molecule has 0 bridgehead atoms. The molecule has 10 heteroatoms. The van der Waals surface area contributed by atoms with Crippen LogP contribution in [0.3, 0.4) is 0 Å². The highest BCUT2D eigenvalue weighted by Gasteiger charge is 2.30. The van der Waals surface area contributed by atoms with Crippen molar-refractivity contribution in [2.45, 2.75) is 32.2 Å². The van der Waals surface area contributed by atoms with Gasteiger partial charge in [-0.15, -0.1) is 0 Å². The Morgan fingerprint density at radius 1 is 1.30 bits per heavy atom. The fraction of sp³-hybridized carbons (Fsp3) is 0.500. The molecule has 2 amide bonds. The third-order valence-corrected chi connectivity index (χ3v) is 6.07. The van der Waals surface area contributed by atoms with E-state index in [1.807, 2.05) is 0 Å². The van der Waals surface area contributed by atoms with Crippen LogP contribution in [-0.4, -0.2) is 40.1 Å². The van der Waals surface area contributed by atoms with E-state index < -0.39 is 27.8 Å². The molecule has 1 aromatic carbocycles. The number of hydrogen-bond donors (Lipinski definition) is 2. The summed E-state index contributed by atoms with van der Waals surface area (Å²) in [4.78, 5) is 22.5. The number of sulfonamides is 1. The van der Waals surface area contributed by atoms with Crippen molar-refractivity contribution < 1.29 is 31.9 Å². The number of benzene rings is 1. The number of carbonyl (C=O) groups is 2. The van der Waals surface area contributed by atoms with Crippen LogP contribution < -0.4 is 14.8 Å². The fourth-order valence-corrected chi connectivity index (χ4v) is 3.97. The molecule has 1 heterocycles. The molecular formula is C20H25FN2O6S. The lowest BCUT2D eigenvalue weighted by atomic mass is 10.1. The second-order valence-electron chi connectivity index (χ2n) is 7.55. The molecule has 1 unspecified atom stereocenters. The van der Waals surface area contributed by atoms with Gasteiger partial charge in [-0.2, -0.15) is 0 Å². The number of halogens is 1. The van der Waals surface area contributed by atoms with Crippen LogP contribution >= 0.6 is 0 Å². The van der Waals surface area contributed by atoms with Gasteiger partial charge >= 0.3 is 0 Å². The number of nitrogens with one attached hydrogen (secondary N) is 2. The van der Waals surface area contributed by atoms with Crippen molar-refractivity contribution in [2.75, 3.05) is 19.8 Å². The maximum atomic E-state index is 13.9. The van der Waals surface area contributed by atoms with Crippen molar-refractivity contribution in [3.8, 4) is 5.75 Å². The average Bonchev–Trinajstić information content (AvgIpc) is 3.44. The van der Waals surface area contributed by atoms with Gasteiger partial charge in [-0.05, 0) is 49.5 Å². The first-order chi connectivity index (χ1) is 14.2. The quantitative estimate of drug-likeness (QED) is 0.401. The highest BCUT2D eigenvalue weighted by atomic mass is 32.2. The van der Waals surface area contributed by atoms with Gasteiger partial charge in [0.2, 0.25) is 21.8 Å². The summed E-state index contributed by atoms with van der Waals surface area (Å²) in [6, 6.07) is 3.67. The lowest BCUT2D eigenvalue weighted by molar-refractivity contribution is -0.126. The fourth-order valence-electron chi connectivity index (χ4n) is 2.93. The number of hydrogen-bond acceptors (Lipinski definition) is 6. The van der Waals surface area contributed by atoms with Crippen molar-refractivity contribution in [3.63, 3.8) is 0 Å². The Morgan fingerprint density at radius 2 is 2.07 bits per heavy atom. The van der Waals surface area contributed by atoms with E-state index in [1.54, 1.807) is 6.92 Å². The molecule has 1 aliphatic heterocycles. The average molecular weight is 440 g/mol. The molecule has 1 aromatic rings. The molecule has 2 fully saturated rings. The van der Waals surface area contributed by atoms with Crippen LogP contribution in [0.15, 0.2) is 29.7 Å². The molecule has 164 valence electrons. The minimum absolute atomic E-state index is 0.0248. The highest BCUT2D eigenvalue weighted by molar-refractivity contribution is 7.92. The zero-order chi connectivity index (χ0) is 21.7. The van der Waals surface area contributed by atoms with E-state index in [2.05, 4.69) is 10.0 Å². The molecule has 2 atom stereocenters.